The van der Waals surface area contributed by atoms with Gasteiger partial charge in [-0.05, 0) is 44.4 Å². The van der Waals surface area contributed by atoms with Gasteiger partial charge in [0.2, 0.25) is 0 Å². The van der Waals surface area contributed by atoms with E-state index < -0.39 is 0 Å². The molecule has 0 aromatic carbocycles. The summed E-state index contributed by atoms with van der Waals surface area (Å²) in [5.41, 5.74) is 2.05. The van der Waals surface area contributed by atoms with E-state index >= 15 is 0 Å². The molecule has 4 unspecified atom stereocenters. The van der Waals surface area contributed by atoms with E-state index in [1.165, 1.54) is 25.7 Å². The van der Waals surface area contributed by atoms with E-state index in [1.54, 1.807) is 5.57 Å². The predicted molar refractivity (Wildman–Crippen MR) is 73.2 cm³/mol. The molecule has 0 saturated heterocycles. The summed E-state index contributed by atoms with van der Waals surface area (Å²) in [6, 6.07) is 0.698. The highest BCUT2D eigenvalue weighted by Crippen LogP contribution is 2.52. The molecule has 1 saturated carbocycles. The minimum Gasteiger partial charge on any atom is -0.475 e. The second-order valence-corrected chi connectivity index (χ2v) is 6.75. The highest BCUT2D eigenvalue weighted by molar-refractivity contribution is 5.20. The monoisotopic (exact) mass is 235 g/mol. The van der Waals surface area contributed by atoms with Crippen molar-refractivity contribution in [2.75, 3.05) is 0 Å². The number of nitrogens with two attached hydrogens (primary N) is 1. The molecule has 1 fully saturated rings. The number of rotatable bonds is 2. The van der Waals surface area contributed by atoms with Crippen molar-refractivity contribution in [2.24, 2.45) is 23.2 Å². The lowest BCUT2D eigenvalue weighted by Gasteiger charge is -2.49. The Kier molecular flexibility index (Phi) is 3.68. The zero-order chi connectivity index (χ0) is 12.6. The quantitative estimate of drug-likeness (QED) is 0.559. The van der Waals surface area contributed by atoms with Crippen LogP contribution in [0.2, 0.25) is 0 Å². The third-order valence-corrected chi connectivity index (χ3v) is 5.51. The average Bonchev–Trinajstić information content (AvgIpc) is 2.65. The SMILES string of the molecule is [CH2-][NH2+]C1C(C(C)C)CCC(C)C12C=C(C)CC2. The van der Waals surface area contributed by atoms with Crippen LogP contribution in [0.15, 0.2) is 11.6 Å². The van der Waals surface area contributed by atoms with Gasteiger partial charge in [0.1, 0.15) is 0 Å². The minimum absolute atomic E-state index is 0.443. The Morgan fingerprint density at radius 2 is 2.12 bits per heavy atom. The van der Waals surface area contributed by atoms with E-state index in [1.807, 2.05) is 0 Å². The molecule has 0 bridgehead atoms. The van der Waals surface area contributed by atoms with Crippen molar-refractivity contribution in [3.05, 3.63) is 18.7 Å². The summed E-state index contributed by atoms with van der Waals surface area (Å²) in [7, 11) is 4.17. The lowest BCUT2D eigenvalue weighted by Crippen LogP contribution is -2.90. The lowest BCUT2D eigenvalue weighted by atomic mass is 9.58. The Bertz CT molecular complexity index is 305. The fourth-order valence-corrected chi connectivity index (χ4v) is 4.43. The Morgan fingerprint density at radius 3 is 2.59 bits per heavy atom. The van der Waals surface area contributed by atoms with Crippen LogP contribution in [0, 0.1) is 30.2 Å². The molecule has 2 rings (SSSR count). The number of hydrogen-bond acceptors (Lipinski definition) is 0. The second kappa shape index (κ2) is 4.76. The van der Waals surface area contributed by atoms with Gasteiger partial charge in [-0.3, -0.25) is 0 Å². The van der Waals surface area contributed by atoms with Crippen molar-refractivity contribution in [3.63, 3.8) is 0 Å². The normalized spacial score (nSPS) is 42.2. The largest absolute Gasteiger partial charge is 0.475 e. The van der Waals surface area contributed by atoms with Gasteiger partial charge in [-0.25, -0.2) is 0 Å². The van der Waals surface area contributed by atoms with E-state index in [-0.39, 0.29) is 0 Å². The fraction of sp³-hybridized carbons (Fsp3) is 0.812. The van der Waals surface area contributed by atoms with Gasteiger partial charge < -0.3 is 5.32 Å². The molecule has 0 aliphatic heterocycles. The van der Waals surface area contributed by atoms with Gasteiger partial charge in [-0.2, -0.15) is 7.05 Å². The summed E-state index contributed by atoms with van der Waals surface area (Å²) in [5.74, 6) is 2.46. The van der Waals surface area contributed by atoms with Crippen molar-refractivity contribution < 1.29 is 5.32 Å². The van der Waals surface area contributed by atoms with Crippen LogP contribution in [0.4, 0.5) is 0 Å². The zero-order valence-electron chi connectivity index (χ0n) is 12.0. The molecule has 2 aliphatic rings. The zero-order valence-corrected chi connectivity index (χ0v) is 12.0. The van der Waals surface area contributed by atoms with Gasteiger partial charge in [0, 0.05) is 11.3 Å². The molecular formula is C16H29N. The molecule has 0 aromatic heterocycles. The molecule has 4 atom stereocenters. The van der Waals surface area contributed by atoms with Crippen LogP contribution in [0.25, 0.3) is 0 Å². The van der Waals surface area contributed by atoms with Crippen LogP contribution >= 0.6 is 0 Å². The van der Waals surface area contributed by atoms with Gasteiger partial charge in [0.05, 0.1) is 6.04 Å². The van der Waals surface area contributed by atoms with E-state index in [4.69, 9.17) is 0 Å². The Labute approximate surface area is 107 Å². The Morgan fingerprint density at radius 1 is 1.41 bits per heavy atom. The molecule has 1 heteroatoms. The first-order valence-corrected chi connectivity index (χ1v) is 7.32. The number of quaternary nitrogens is 1. The molecule has 2 N–H and O–H groups in total. The van der Waals surface area contributed by atoms with Gasteiger partial charge >= 0.3 is 0 Å². The smallest absolute Gasteiger partial charge is 0.0746 e. The molecule has 0 radical (unpaired) electrons. The average molecular weight is 235 g/mol. The first kappa shape index (κ1) is 13.1. The molecule has 1 spiro atoms. The maximum atomic E-state index is 4.17. The summed E-state index contributed by atoms with van der Waals surface area (Å²) in [5, 5.41) is 2.27. The summed E-state index contributed by atoms with van der Waals surface area (Å²) >= 11 is 0. The van der Waals surface area contributed by atoms with Crippen LogP contribution in [0.3, 0.4) is 0 Å². The van der Waals surface area contributed by atoms with Gasteiger partial charge in [0.25, 0.3) is 0 Å². The van der Waals surface area contributed by atoms with Crippen molar-refractivity contribution in [2.45, 2.75) is 59.4 Å². The van der Waals surface area contributed by atoms with E-state index in [0.717, 1.165) is 17.8 Å². The summed E-state index contributed by atoms with van der Waals surface area (Å²) in [6.45, 7) is 9.54. The summed E-state index contributed by atoms with van der Waals surface area (Å²) < 4.78 is 0. The van der Waals surface area contributed by atoms with Crippen molar-refractivity contribution in [1.82, 2.24) is 0 Å². The molecule has 17 heavy (non-hydrogen) atoms. The topological polar surface area (TPSA) is 16.6 Å². The van der Waals surface area contributed by atoms with Crippen LogP contribution in [-0.4, -0.2) is 6.04 Å². The van der Waals surface area contributed by atoms with E-state index in [9.17, 15) is 0 Å². The first-order valence-electron chi connectivity index (χ1n) is 7.32. The molecular weight excluding hydrogens is 206 g/mol. The molecule has 1 nitrogen and oxygen atoms in total. The molecule has 0 amide bonds. The minimum atomic E-state index is 0.443. The molecule has 2 aliphatic carbocycles. The highest BCUT2D eigenvalue weighted by atomic mass is 14.9. The second-order valence-electron chi connectivity index (χ2n) is 6.75. The van der Waals surface area contributed by atoms with Crippen LogP contribution in [-0.2, 0) is 0 Å². The summed E-state index contributed by atoms with van der Waals surface area (Å²) in [4.78, 5) is 0. The number of allylic oxidation sites excluding steroid dienone is 1. The Hall–Kier alpha value is -0.300. The van der Waals surface area contributed by atoms with Crippen molar-refractivity contribution in [3.8, 4) is 0 Å². The predicted octanol–water partition coefficient (Wildman–Crippen LogP) is 3.14. The van der Waals surface area contributed by atoms with Gasteiger partial charge in [-0.1, -0.05) is 32.4 Å². The lowest BCUT2D eigenvalue weighted by molar-refractivity contribution is -0.661. The van der Waals surface area contributed by atoms with E-state index in [2.05, 4.69) is 46.1 Å². The maximum absolute atomic E-state index is 4.17. The number of hydrogen-bond donors (Lipinski definition) is 1. The van der Waals surface area contributed by atoms with Gasteiger partial charge in [0.15, 0.2) is 0 Å². The summed E-state index contributed by atoms with van der Waals surface area (Å²) in [6.07, 6.45) is 8.07. The third kappa shape index (κ3) is 2.07. The maximum Gasteiger partial charge on any atom is 0.0746 e. The Balaban J connectivity index is 2.33. The van der Waals surface area contributed by atoms with Crippen LogP contribution in [0.5, 0.6) is 0 Å². The molecule has 98 valence electrons. The molecule has 0 aromatic rings. The van der Waals surface area contributed by atoms with Gasteiger partial charge in [-0.15, -0.1) is 0 Å². The van der Waals surface area contributed by atoms with Crippen LogP contribution in [0.1, 0.15) is 53.4 Å². The third-order valence-electron chi connectivity index (χ3n) is 5.51. The first-order chi connectivity index (χ1) is 8.01. The van der Waals surface area contributed by atoms with E-state index in [0.29, 0.717) is 11.5 Å². The standard InChI is InChI=1S/C16H29N/c1-11(2)14-7-6-13(4)16(15(14)17-5)9-8-12(3)10-16/h10-11,13-15H,5-9,17H2,1-4H3. The van der Waals surface area contributed by atoms with Crippen molar-refractivity contribution in [1.29, 1.82) is 0 Å². The highest BCUT2D eigenvalue weighted by Gasteiger charge is 2.51. The molecule has 0 heterocycles. The fourth-order valence-electron chi connectivity index (χ4n) is 4.43. The van der Waals surface area contributed by atoms with Crippen molar-refractivity contribution >= 4 is 0 Å². The van der Waals surface area contributed by atoms with Crippen LogP contribution < -0.4 is 5.32 Å².